The van der Waals surface area contributed by atoms with Crippen LogP contribution in [0.2, 0.25) is 0 Å². The molecule has 1 aromatic carbocycles. The van der Waals surface area contributed by atoms with Gasteiger partial charge in [0.25, 0.3) is 0 Å². The van der Waals surface area contributed by atoms with Crippen molar-refractivity contribution in [1.82, 2.24) is 10.6 Å². The van der Waals surface area contributed by atoms with Gasteiger partial charge < -0.3 is 20.3 Å². The number of halogens is 3. The number of anilines is 2. The minimum absolute atomic E-state index is 0.0200. The molecular weight excluding hydrogens is 345 g/mol. The van der Waals surface area contributed by atoms with Gasteiger partial charge in [0.1, 0.15) is 5.82 Å². The smallest absolute Gasteiger partial charge is 0.423 e. The molecule has 0 bridgehead atoms. The fourth-order valence-corrected chi connectivity index (χ4v) is 2.52. The molecule has 2 heterocycles. The van der Waals surface area contributed by atoms with E-state index in [0.717, 1.165) is 6.07 Å². The summed E-state index contributed by atoms with van der Waals surface area (Å²) in [7, 11) is 0. The molecule has 0 spiro atoms. The van der Waals surface area contributed by atoms with E-state index in [1.54, 1.807) is 0 Å². The molecule has 0 atom stereocenters. The fraction of sp³-hybridized carbons (Fsp3) is 0.286. The van der Waals surface area contributed by atoms with Gasteiger partial charge in [-0.25, -0.2) is 4.39 Å². The number of terminal acetylenes is 1. The highest BCUT2D eigenvalue weighted by Crippen LogP contribution is 2.42. The number of benzene rings is 1. The Morgan fingerprint density at radius 1 is 1.33 bits per heavy atom. The summed E-state index contributed by atoms with van der Waals surface area (Å²) in [4.78, 5) is 14.1. The molecular formula is C14H11F3N4O2S. The molecule has 1 fully saturated rings. The van der Waals surface area contributed by atoms with Crippen LogP contribution in [0.4, 0.5) is 24.5 Å². The SMILES string of the molecule is C#CCN1C(=O)C(F)(F)Oc2cc(F)c(N3CNC(=S)NC3)cc21. The highest BCUT2D eigenvalue weighted by atomic mass is 32.1. The van der Waals surface area contributed by atoms with E-state index >= 15 is 0 Å². The topological polar surface area (TPSA) is 56.8 Å². The third-order valence-electron chi connectivity index (χ3n) is 3.50. The molecule has 126 valence electrons. The molecule has 24 heavy (non-hydrogen) atoms. The van der Waals surface area contributed by atoms with Crippen molar-refractivity contribution in [2.75, 3.05) is 29.7 Å². The van der Waals surface area contributed by atoms with Gasteiger partial charge in [0, 0.05) is 6.07 Å². The molecule has 0 radical (unpaired) electrons. The number of carbonyl (C=O) groups is 1. The molecule has 10 heteroatoms. The molecule has 1 saturated heterocycles. The first-order valence-electron chi connectivity index (χ1n) is 6.76. The summed E-state index contributed by atoms with van der Waals surface area (Å²) in [6, 6.07) is 2.05. The van der Waals surface area contributed by atoms with Gasteiger partial charge in [-0.05, 0) is 18.3 Å². The van der Waals surface area contributed by atoms with Crippen LogP contribution in [0.3, 0.4) is 0 Å². The first-order valence-corrected chi connectivity index (χ1v) is 7.17. The monoisotopic (exact) mass is 356 g/mol. The predicted molar refractivity (Wildman–Crippen MR) is 84.2 cm³/mol. The van der Waals surface area contributed by atoms with E-state index in [1.807, 2.05) is 0 Å². The van der Waals surface area contributed by atoms with Gasteiger partial charge in [-0.1, -0.05) is 5.92 Å². The molecule has 3 rings (SSSR count). The van der Waals surface area contributed by atoms with Crippen LogP contribution in [0.5, 0.6) is 5.75 Å². The standard InChI is InChI=1S/C14H11F3N4O2S/c1-2-3-21-10-5-9(20-6-18-13(24)19-7-20)8(15)4-11(10)23-14(16,17)12(21)22/h1,4-5H,3,6-7H2,(H2,18,19,24). The van der Waals surface area contributed by atoms with Crippen molar-refractivity contribution in [2.45, 2.75) is 6.11 Å². The summed E-state index contributed by atoms with van der Waals surface area (Å²) >= 11 is 4.91. The van der Waals surface area contributed by atoms with E-state index in [2.05, 4.69) is 21.3 Å². The van der Waals surface area contributed by atoms with Crippen LogP contribution in [0.15, 0.2) is 12.1 Å². The highest BCUT2D eigenvalue weighted by molar-refractivity contribution is 7.80. The Morgan fingerprint density at radius 3 is 2.62 bits per heavy atom. The van der Waals surface area contributed by atoms with Crippen LogP contribution < -0.4 is 25.2 Å². The maximum absolute atomic E-state index is 14.3. The number of hydrogen-bond acceptors (Lipinski definition) is 4. The van der Waals surface area contributed by atoms with E-state index in [-0.39, 0.29) is 24.7 Å². The first kappa shape index (κ1) is 16.2. The first-order chi connectivity index (χ1) is 11.3. The minimum atomic E-state index is -4.10. The Bertz CT molecular complexity index is 755. The number of nitrogens with one attached hydrogen (secondary N) is 2. The average molecular weight is 356 g/mol. The Balaban J connectivity index is 2.03. The van der Waals surface area contributed by atoms with Crippen LogP contribution in [0.1, 0.15) is 0 Å². The number of alkyl halides is 2. The lowest BCUT2D eigenvalue weighted by atomic mass is 10.1. The number of ether oxygens (including phenoxy) is 1. The zero-order chi connectivity index (χ0) is 17.5. The molecule has 2 N–H and O–H groups in total. The lowest BCUT2D eigenvalue weighted by molar-refractivity contribution is -0.192. The van der Waals surface area contributed by atoms with Crippen LogP contribution in [-0.4, -0.2) is 37.0 Å². The van der Waals surface area contributed by atoms with Crippen molar-refractivity contribution in [3.63, 3.8) is 0 Å². The molecule has 0 aromatic heterocycles. The van der Waals surface area contributed by atoms with Crippen molar-refractivity contribution in [3.8, 4) is 18.1 Å². The summed E-state index contributed by atoms with van der Waals surface area (Å²) in [5.74, 6) is -0.698. The number of thiocarbonyl (C=S) groups is 1. The number of carbonyl (C=O) groups excluding carboxylic acids is 1. The van der Waals surface area contributed by atoms with Crippen molar-refractivity contribution < 1.29 is 22.7 Å². The maximum Gasteiger partial charge on any atom is 0.483 e. The lowest BCUT2D eigenvalue weighted by Gasteiger charge is -2.35. The molecule has 0 unspecified atom stereocenters. The predicted octanol–water partition coefficient (Wildman–Crippen LogP) is 0.976. The zero-order valence-electron chi connectivity index (χ0n) is 12.1. The number of nitrogens with zero attached hydrogens (tertiary/aromatic N) is 2. The van der Waals surface area contributed by atoms with Crippen LogP contribution in [0, 0.1) is 18.2 Å². The van der Waals surface area contributed by atoms with Gasteiger partial charge >= 0.3 is 12.0 Å². The van der Waals surface area contributed by atoms with E-state index in [0.29, 0.717) is 10.0 Å². The van der Waals surface area contributed by atoms with Crippen LogP contribution in [0.25, 0.3) is 0 Å². The van der Waals surface area contributed by atoms with E-state index in [4.69, 9.17) is 18.6 Å². The largest absolute Gasteiger partial charge is 0.483 e. The lowest BCUT2D eigenvalue weighted by Crippen LogP contribution is -2.54. The Labute approximate surface area is 140 Å². The fourth-order valence-electron chi connectivity index (χ4n) is 2.39. The summed E-state index contributed by atoms with van der Waals surface area (Å²) in [5.41, 5.74) is 0.0633. The van der Waals surface area contributed by atoms with Crippen molar-refractivity contribution in [1.29, 1.82) is 0 Å². The second-order valence-electron chi connectivity index (χ2n) is 5.02. The molecule has 0 saturated carbocycles. The third kappa shape index (κ3) is 2.67. The van der Waals surface area contributed by atoms with Crippen molar-refractivity contribution in [3.05, 3.63) is 17.9 Å². The molecule has 2 aliphatic rings. The van der Waals surface area contributed by atoms with Crippen LogP contribution in [-0.2, 0) is 4.79 Å². The van der Waals surface area contributed by atoms with E-state index in [9.17, 15) is 18.0 Å². The van der Waals surface area contributed by atoms with Gasteiger partial charge in [0.15, 0.2) is 10.9 Å². The maximum atomic E-state index is 14.3. The van der Waals surface area contributed by atoms with Crippen molar-refractivity contribution >= 4 is 34.6 Å². The second-order valence-corrected chi connectivity index (χ2v) is 5.43. The van der Waals surface area contributed by atoms with Crippen molar-refractivity contribution in [2.24, 2.45) is 0 Å². The number of hydrogen-bond donors (Lipinski definition) is 2. The minimum Gasteiger partial charge on any atom is -0.423 e. The second kappa shape index (κ2) is 5.76. The Hall–Kier alpha value is -2.67. The van der Waals surface area contributed by atoms with Gasteiger partial charge in [-0.2, -0.15) is 8.78 Å². The highest BCUT2D eigenvalue weighted by Gasteiger charge is 2.50. The quantitative estimate of drug-likeness (QED) is 0.609. The molecule has 0 aliphatic carbocycles. The Morgan fingerprint density at radius 2 is 2.00 bits per heavy atom. The number of amides is 1. The average Bonchev–Trinajstić information content (AvgIpc) is 2.52. The molecule has 1 amide bonds. The van der Waals surface area contributed by atoms with E-state index in [1.165, 1.54) is 11.0 Å². The summed E-state index contributed by atoms with van der Waals surface area (Å²) in [6.45, 7) is 0.0275. The third-order valence-corrected chi connectivity index (χ3v) is 3.79. The molecule has 1 aromatic rings. The number of rotatable bonds is 2. The van der Waals surface area contributed by atoms with E-state index < -0.39 is 30.1 Å². The van der Waals surface area contributed by atoms with Gasteiger partial charge in [-0.15, -0.1) is 6.42 Å². The Kier molecular flexibility index (Phi) is 3.88. The van der Waals surface area contributed by atoms with Gasteiger partial charge in [0.2, 0.25) is 0 Å². The molecule has 2 aliphatic heterocycles. The van der Waals surface area contributed by atoms with Gasteiger partial charge in [-0.3, -0.25) is 9.69 Å². The van der Waals surface area contributed by atoms with Gasteiger partial charge in [0.05, 0.1) is 31.3 Å². The zero-order valence-corrected chi connectivity index (χ0v) is 12.9. The summed E-state index contributed by atoms with van der Waals surface area (Å²) in [5, 5.41) is 6.04. The van der Waals surface area contributed by atoms with Crippen LogP contribution >= 0.6 is 12.2 Å². The molecule has 6 nitrogen and oxygen atoms in total. The summed E-state index contributed by atoms with van der Waals surface area (Å²) in [6.07, 6.45) is 1.05. The normalized spacial score (nSPS) is 18.9. The summed E-state index contributed by atoms with van der Waals surface area (Å²) < 4.78 is 45.9. The number of fused-ring (bicyclic) bond motifs is 1.